The smallest absolute Gasteiger partial charge is 0.337 e. The quantitative estimate of drug-likeness (QED) is 0.744. The molecular formula is C15H17N3O2. The molecule has 2 aromatic rings. The first-order valence-corrected chi connectivity index (χ1v) is 6.26. The number of rotatable bonds is 4. The van der Waals surface area contributed by atoms with Crippen LogP contribution in [0, 0.1) is 13.8 Å². The summed E-state index contributed by atoms with van der Waals surface area (Å²) in [7, 11) is 0. The number of aryl methyl sites for hydroxylation is 2. The van der Waals surface area contributed by atoms with Gasteiger partial charge in [0.05, 0.1) is 5.56 Å². The molecule has 0 aliphatic carbocycles. The lowest BCUT2D eigenvalue weighted by atomic mass is 10.1. The van der Waals surface area contributed by atoms with E-state index in [2.05, 4.69) is 10.3 Å². The van der Waals surface area contributed by atoms with Crippen molar-refractivity contribution in [3.05, 3.63) is 52.8 Å². The molecule has 4 N–H and O–H groups in total. The van der Waals surface area contributed by atoms with Gasteiger partial charge in [0.2, 0.25) is 0 Å². The molecule has 0 radical (unpaired) electrons. The predicted molar refractivity (Wildman–Crippen MR) is 78.9 cm³/mol. The van der Waals surface area contributed by atoms with E-state index in [0.29, 0.717) is 12.2 Å². The van der Waals surface area contributed by atoms with Gasteiger partial charge in [-0.05, 0) is 48.7 Å². The number of nitrogens with zero attached hydrogens (tertiary/aromatic N) is 1. The standard InChI is InChI=1S/C15H17N3O2/c1-9-3-4-17-7-11(9)8-18-12-5-10(2)14(16)13(6-12)15(19)20/h3-7,18H,8,16H2,1-2H3,(H,19,20). The molecule has 0 aliphatic rings. The molecule has 5 nitrogen and oxygen atoms in total. The van der Waals surface area contributed by atoms with Crippen molar-refractivity contribution in [3.8, 4) is 0 Å². The Bertz CT molecular complexity index is 654. The first-order chi connectivity index (χ1) is 9.49. The van der Waals surface area contributed by atoms with Crippen molar-refractivity contribution in [2.45, 2.75) is 20.4 Å². The second-order valence-corrected chi connectivity index (χ2v) is 4.72. The van der Waals surface area contributed by atoms with Crippen LogP contribution in [0.4, 0.5) is 11.4 Å². The Morgan fingerprint density at radius 1 is 1.35 bits per heavy atom. The summed E-state index contributed by atoms with van der Waals surface area (Å²) in [4.78, 5) is 15.2. The average Bonchev–Trinajstić information content (AvgIpc) is 2.41. The highest BCUT2D eigenvalue weighted by molar-refractivity contribution is 5.95. The van der Waals surface area contributed by atoms with Crippen LogP contribution in [0.2, 0.25) is 0 Å². The second kappa shape index (κ2) is 5.61. The van der Waals surface area contributed by atoms with Gasteiger partial charge in [-0.15, -0.1) is 0 Å². The van der Waals surface area contributed by atoms with Crippen molar-refractivity contribution >= 4 is 17.3 Å². The topological polar surface area (TPSA) is 88.2 Å². The second-order valence-electron chi connectivity index (χ2n) is 4.72. The molecule has 104 valence electrons. The Morgan fingerprint density at radius 3 is 2.75 bits per heavy atom. The van der Waals surface area contributed by atoms with Crippen molar-refractivity contribution in [1.29, 1.82) is 0 Å². The van der Waals surface area contributed by atoms with Gasteiger partial charge in [-0.2, -0.15) is 0 Å². The van der Waals surface area contributed by atoms with Crippen molar-refractivity contribution in [1.82, 2.24) is 4.98 Å². The molecule has 0 amide bonds. The summed E-state index contributed by atoms with van der Waals surface area (Å²) in [5, 5.41) is 12.3. The van der Waals surface area contributed by atoms with Crippen LogP contribution in [0.15, 0.2) is 30.6 Å². The molecule has 1 aromatic carbocycles. The third-order valence-corrected chi connectivity index (χ3v) is 3.25. The van der Waals surface area contributed by atoms with Gasteiger partial charge in [0, 0.05) is 30.3 Å². The number of benzene rings is 1. The van der Waals surface area contributed by atoms with Crippen LogP contribution in [0.1, 0.15) is 27.0 Å². The van der Waals surface area contributed by atoms with E-state index in [4.69, 9.17) is 10.8 Å². The van der Waals surface area contributed by atoms with Crippen molar-refractivity contribution in [2.24, 2.45) is 0 Å². The first-order valence-electron chi connectivity index (χ1n) is 6.26. The zero-order chi connectivity index (χ0) is 14.7. The maximum atomic E-state index is 11.1. The number of nitrogens with two attached hydrogens (primary N) is 1. The minimum atomic E-state index is -1.02. The zero-order valence-electron chi connectivity index (χ0n) is 11.5. The van der Waals surface area contributed by atoms with Crippen molar-refractivity contribution in [3.63, 3.8) is 0 Å². The molecule has 0 aliphatic heterocycles. The van der Waals surface area contributed by atoms with Gasteiger partial charge in [-0.25, -0.2) is 4.79 Å². The molecule has 0 bridgehead atoms. The summed E-state index contributed by atoms with van der Waals surface area (Å²) in [6, 6.07) is 5.33. The maximum Gasteiger partial charge on any atom is 0.337 e. The number of anilines is 2. The fourth-order valence-electron chi connectivity index (χ4n) is 1.96. The summed E-state index contributed by atoms with van der Waals surface area (Å²) in [5.74, 6) is -1.02. The largest absolute Gasteiger partial charge is 0.478 e. The molecule has 0 atom stereocenters. The van der Waals surface area contributed by atoms with Crippen LogP contribution >= 0.6 is 0 Å². The van der Waals surface area contributed by atoms with Gasteiger partial charge in [0.15, 0.2) is 0 Å². The molecule has 0 fully saturated rings. The lowest BCUT2D eigenvalue weighted by Crippen LogP contribution is -2.07. The van der Waals surface area contributed by atoms with E-state index in [1.807, 2.05) is 19.1 Å². The lowest BCUT2D eigenvalue weighted by molar-refractivity contribution is 0.0698. The van der Waals surface area contributed by atoms with Crippen LogP contribution in [0.25, 0.3) is 0 Å². The SMILES string of the molecule is Cc1ccncc1CNc1cc(C)c(N)c(C(=O)O)c1. The van der Waals surface area contributed by atoms with Gasteiger partial charge in [0.25, 0.3) is 0 Å². The number of hydrogen-bond donors (Lipinski definition) is 3. The molecule has 0 unspecified atom stereocenters. The number of hydrogen-bond acceptors (Lipinski definition) is 4. The van der Waals surface area contributed by atoms with Gasteiger partial charge >= 0.3 is 5.97 Å². The van der Waals surface area contributed by atoms with Crippen LogP contribution in [-0.4, -0.2) is 16.1 Å². The van der Waals surface area contributed by atoms with Gasteiger partial charge in [-0.3, -0.25) is 4.98 Å². The summed E-state index contributed by atoms with van der Waals surface area (Å²) in [5.41, 5.74) is 9.88. The van der Waals surface area contributed by atoms with Crippen LogP contribution < -0.4 is 11.1 Å². The summed E-state index contributed by atoms with van der Waals surface area (Å²) in [6.45, 7) is 4.39. The van der Waals surface area contributed by atoms with Gasteiger partial charge < -0.3 is 16.2 Å². The normalized spacial score (nSPS) is 10.3. The molecule has 1 heterocycles. The number of pyridine rings is 1. The van der Waals surface area contributed by atoms with Crippen LogP contribution in [-0.2, 0) is 6.54 Å². The van der Waals surface area contributed by atoms with E-state index < -0.39 is 5.97 Å². The Labute approximate surface area is 117 Å². The maximum absolute atomic E-state index is 11.1. The minimum absolute atomic E-state index is 0.121. The monoisotopic (exact) mass is 271 g/mol. The summed E-state index contributed by atoms with van der Waals surface area (Å²) < 4.78 is 0. The summed E-state index contributed by atoms with van der Waals surface area (Å²) in [6.07, 6.45) is 3.54. The molecule has 20 heavy (non-hydrogen) atoms. The van der Waals surface area contributed by atoms with E-state index in [1.165, 1.54) is 0 Å². The lowest BCUT2D eigenvalue weighted by Gasteiger charge is -2.12. The average molecular weight is 271 g/mol. The molecule has 1 aromatic heterocycles. The number of nitrogen functional groups attached to an aromatic ring is 1. The Hall–Kier alpha value is -2.56. The first kappa shape index (κ1) is 13.9. The fourth-order valence-corrected chi connectivity index (χ4v) is 1.96. The number of aromatic nitrogens is 1. The van der Waals surface area contributed by atoms with E-state index in [-0.39, 0.29) is 5.56 Å². The van der Waals surface area contributed by atoms with Gasteiger partial charge in [-0.1, -0.05) is 0 Å². The molecular weight excluding hydrogens is 254 g/mol. The molecule has 2 rings (SSSR count). The number of nitrogens with one attached hydrogen (secondary N) is 1. The van der Waals surface area contributed by atoms with Crippen LogP contribution in [0.5, 0.6) is 0 Å². The highest BCUT2D eigenvalue weighted by Gasteiger charge is 2.11. The van der Waals surface area contributed by atoms with E-state index in [0.717, 1.165) is 22.4 Å². The van der Waals surface area contributed by atoms with Gasteiger partial charge in [0.1, 0.15) is 0 Å². The number of carboxylic acid groups (broad SMARTS) is 1. The predicted octanol–water partition coefficient (Wildman–Crippen LogP) is 2.59. The molecule has 0 saturated carbocycles. The summed E-state index contributed by atoms with van der Waals surface area (Å²) >= 11 is 0. The minimum Gasteiger partial charge on any atom is -0.478 e. The highest BCUT2D eigenvalue weighted by atomic mass is 16.4. The van der Waals surface area contributed by atoms with Crippen molar-refractivity contribution < 1.29 is 9.90 Å². The molecule has 0 saturated heterocycles. The van der Waals surface area contributed by atoms with E-state index in [1.54, 1.807) is 25.4 Å². The van der Waals surface area contributed by atoms with E-state index >= 15 is 0 Å². The Balaban J connectivity index is 2.22. The number of aromatic carboxylic acids is 1. The Kier molecular flexibility index (Phi) is 3.89. The Morgan fingerprint density at radius 2 is 2.10 bits per heavy atom. The van der Waals surface area contributed by atoms with E-state index in [9.17, 15) is 4.79 Å². The van der Waals surface area contributed by atoms with Crippen molar-refractivity contribution in [2.75, 3.05) is 11.1 Å². The van der Waals surface area contributed by atoms with Crippen LogP contribution in [0.3, 0.4) is 0 Å². The molecule has 5 heteroatoms. The molecule has 0 spiro atoms. The highest BCUT2D eigenvalue weighted by Crippen LogP contribution is 2.23. The third kappa shape index (κ3) is 2.88. The fraction of sp³-hybridized carbons (Fsp3) is 0.200. The third-order valence-electron chi connectivity index (χ3n) is 3.25. The number of carboxylic acids is 1. The number of carbonyl (C=O) groups is 1. The zero-order valence-corrected chi connectivity index (χ0v) is 11.5.